The lowest BCUT2D eigenvalue weighted by Gasteiger charge is -2.13. The normalized spacial score (nSPS) is 12.4. The molecular formula is C16H18O. The van der Waals surface area contributed by atoms with Gasteiger partial charge in [-0.15, -0.1) is 0 Å². The van der Waals surface area contributed by atoms with Gasteiger partial charge in [-0.2, -0.15) is 0 Å². The largest absolute Gasteiger partial charge is 0.388 e. The summed E-state index contributed by atoms with van der Waals surface area (Å²) >= 11 is 0. The molecule has 0 saturated carbocycles. The zero-order valence-electron chi connectivity index (χ0n) is 10.1. The maximum Gasteiger partial charge on any atom is 0.0795 e. The van der Waals surface area contributed by atoms with Crippen molar-refractivity contribution in [1.29, 1.82) is 0 Å². The Balaban J connectivity index is 1.99. The van der Waals surface area contributed by atoms with Gasteiger partial charge in [0.15, 0.2) is 0 Å². The van der Waals surface area contributed by atoms with Gasteiger partial charge in [0.1, 0.15) is 0 Å². The van der Waals surface area contributed by atoms with Gasteiger partial charge < -0.3 is 5.11 Å². The van der Waals surface area contributed by atoms with E-state index in [1.165, 1.54) is 5.56 Å². The van der Waals surface area contributed by atoms with Crippen molar-refractivity contribution in [2.24, 2.45) is 0 Å². The molecular weight excluding hydrogens is 208 g/mol. The number of hydrogen-bond donors (Lipinski definition) is 1. The van der Waals surface area contributed by atoms with E-state index in [4.69, 9.17) is 0 Å². The van der Waals surface area contributed by atoms with E-state index in [1.54, 1.807) is 0 Å². The summed E-state index contributed by atoms with van der Waals surface area (Å²) in [5.41, 5.74) is 3.48. The quantitative estimate of drug-likeness (QED) is 0.843. The highest BCUT2D eigenvalue weighted by Gasteiger charge is 2.09. The number of aliphatic hydroxyl groups excluding tert-OH is 1. The molecule has 0 aromatic heterocycles. The summed E-state index contributed by atoms with van der Waals surface area (Å²) in [7, 11) is 0. The van der Waals surface area contributed by atoms with E-state index in [2.05, 4.69) is 12.1 Å². The van der Waals surface area contributed by atoms with Crippen molar-refractivity contribution >= 4 is 0 Å². The van der Waals surface area contributed by atoms with E-state index in [-0.39, 0.29) is 6.10 Å². The lowest BCUT2D eigenvalue weighted by atomic mass is 9.98. The van der Waals surface area contributed by atoms with Gasteiger partial charge in [0.2, 0.25) is 0 Å². The summed E-state index contributed by atoms with van der Waals surface area (Å²) < 4.78 is 0. The number of hydrogen-bond acceptors (Lipinski definition) is 1. The molecule has 0 saturated heterocycles. The first-order valence-electron chi connectivity index (χ1n) is 6.05. The van der Waals surface area contributed by atoms with E-state index in [0.29, 0.717) is 0 Å². The molecule has 2 aromatic rings. The molecule has 1 nitrogen and oxygen atoms in total. The highest BCUT2D eigenvalue weighted by molar-refractivity contribution is 5.27. The molecule has 0 heterocycles. The van der Waals surface area contributed by atoms with Crippen LogP contribution in [0.3, 0.4) is 0 Å². The molecule has 0 unspecified atom stereocenters. The van der Waals surface area contributed by atoms with Crippen LogP contribution in [-0.4, -0.2) is 5.11 Å². The number of benzene rings is 2. The fourth-order valence-electron chi connectivity index (χ4n) is 2.06. The van der Waals surface area contributed by atoms with Crippen molar-refractivity contribution in [2.75, 3.05) is 0 Å². The Morgan fingerprint density at radius 3 is 2.29 bits per heavy atom. The molecule has 0 radical (unpaired) electrons. The van der Waals surface area contributed by atoms with Gasteiger partial charge in [-0.1, -0.05) is 54.6 Å². The predicted molar refractivity (Wildman–Crippen MR) is 70.9 cm³/mol. The Bertz CT molecular complexity index is 462. The van der Waals surface area contributed by atoms with Crippen LogP contribution in [0, 0.1) is 6.92 Å². The molecule has 2 aromatic carbocycles. The highest BCUT2D eigenvalue weighted by atomic mass is 16.3. The first-order chi connectivity index (χ1) is 8.27. The second kappa shape index (κ2) is 5.65. The molecule has 0 aliphatic carbocycles. The lowest BCUT2D eigenvalue weighted by molar-refractivity contribution is 0.167. The Labute approximate surface area is 103 Å². The Morgan fingerprint density at radius 1 is 0.941 bits per heavy atom. The van der Waals surface area contributed by atoms with Crippen LogP contribution in [-0.2, 0) is 6.42 Å². The van der Waals surface area contributed by atoms with Crippen LogP contribution in [0.1, 0.15) is 29.2 Å². The summed E-state index contributed by atoms with van der Waals surface area (Å²) in [6, 6.07) is 18.3. The highest BCUT2D eigenvalue weighted by Crippen LogP contribution is 2.21. The van der Waals surface area contributed by atoms with Gasteiger partial charge in [-0.25, -0.2) is 0 Å². The fraction of sp³-hybridized carbons (Fsp3) is 0.250. The molecule has 0 aliphatic rings. The first kappa shape index (κ1) is 11.9. The fourth-order valence-corrected chi connectivity index (χ4v) is 2.06. The summed E-state index contributed by atoms with van der Waals surface area (Å²) in [6.45, 7) is 2.04. The van der Waals surface area contributed by atoms with Gasteiger partial charge in [0, 0.05) is 0 Å². The molecule has 1 heteroatoms. The molecule has 2 rings (SSSR count). The zero-order chi connectivity index (χ0) is 12.1. The third-order valence-electron chi connectivity index (χ3n) is 3.10. The second-order valence-electron chi connectivity index (χ2n) is 4.40. The monoisotopic (exact) mass is 226 g/mol. The van der Waals surface area contributed by atoms with E-state index in [9.17, 15) is 5.11 Å². The minimum absolute atomic E-state index is 0.364. The second-order valence-corrected chi connectivity index (χ2v) is 4.40. The molecule has 17 heavy (non-hydrogen) atoms. The van der Waals surface area contributed by atoms with E-state index in [0.717, 1.165) is 24.0 Å². The van der Waals surface area contributed by atoms with Crippen molar-refractivity contribution < 1.29 is 5.11 Å². The van der Waals surface area contributed by atoms with Crippen molar-refractivity contribution in [3.63, 3.8) is 0 Å². The average molecular weight is 226 g/mol. The zero-order valence-corrected chi connectivity index (χ0v) is 10.1. The SMILES string of the molecule is Cc1ccccc1[C@H](O)CCc1ccccc1. The molecule has 0 bridgehead atoms. The van der Waals surface area contributed by atoms with Gasteiger partial charge in [-0.05, 0) is 36.5 Å². The van der Waals surface area contributed by atoms with Crippen LogP contribution in [0.25, 0.3) is 0 Å². The molecule has 0 fully saturated rings. The number of rotatable bonds is 4. The summed E-state index contributed by atoms with van der Waals surface area (Å²) in [5, 5.41) is 10.2. The first-order valence-corrected chi connectivity index (χ1v) is 6.05. The molecule has 0 amide bonds. The molecule has 1 N–H and O–H groups in total. The number of aliphatic hydroxyl groups is 1. The van der Waals surface area contributed by atoms with Crippen LogP contribution >= 0.6 is 0 Å². The smallest absolute Gasteiger partial charge is 0.0795 e. The van der Waals surface area contributed by atoms with Crippen LogP contribution in [0.2, 0.25) is 0 Å². The van der Waals surface area contributed by atoms with Crippen molar-refractivity contribution in [2.45, 2.75) is 25.9 Å². The van der Waals surface area contributed by atoms with Crippen molar-refractivity contribution in [3.05, 3.63) is 71.3 Å². The molecule has 0 spiro atoms. The van der Waals surface area contributed by atoms with Gasteiger partial charge in [0.05, 0.1) is 6.10 Å². The van der Waals surface area contributed by atoms with Crippen LogP contribution < -0.4 is 0 Å². The molecule has 0 aliphatic heterocycles. The standard InChI is InChI=1S/C16H18O/c1-13-7-5-6-10-15(13)16(17)12-11-14-8-3-2-4-9-14/h2-10,16-17H,11-12H2,1H3/t16-/m1/s1. The van der Waals surface area contributed by atoms with Gasteiger partial charge in [-0.3, -0.25) is 0 Å². The average Bonchev–Trinajstić information content (AvgIpc) is 2.38. The van der Waals surface area contributed by atoms with Gasteiger partial charge >= 0.3 is 0 Å². The Morgan fingerprint density at radius 2 is 1.59 bits per heavy atom. The maximum atomic E-state index is 10.2. The third kappa shape index (κ3) is 3.18. The van der Waals surface area contributed by atoms with Gasteiger partial charge in [0.25, 0.3) is 0 Å². The van der Waals surface area contributed by atoms with Crippen LogP contribution in [0.5, 0.6) is 0 Å². The summed E-state index contributed by atoms with van der Waals surface area (Å²) in [6.07, 6.45) is 1.32. The van der Waals surface area contributed by atoms with E-state index >= 15 is 0 Å². The summed E-state index contributed by atoms with van der Waals surface area (Å²) in [4.78, 5) is 0. The van der Waals surface area contributed by atoms with Crippen LogP contribution in [0.4, 0.5) is 0 Å². The van der Waals surface area contributed by atoms with Crippen molar-refractivity contribution in [1.82, 2.24) is 0 Å². The predicted octanol–water partition coefficient (Wildman–Crippen LogP) is 3.66. The third-order valence-corrected chi connectivity index (χ3v) is 3.10. The minimum atomic E-state index is -0.364. The topological polar surface area (TPSA) is 20.2 Å². The number of aryl methyl sites for hydroxylation is 2. The minimum Gasteiger partial charge on any atom is -0.388 e. The Hall–Kier alpha value is -1.60. The molecule has 88 valence electrons. The van der Waals surface area contributed by atoms with Crippen molar-refractivity contribution in [3.8, 4) is 0 Å². The maximum absolute atomic E-state index is 10.2. The van der Waals surface area contributed by atoms with Crippen LogP contribution in [0.15, 0.2) is 54.6 Å². The van der Waals surface area contributed by atoms with E-state index in [1.807, 2.05) is 49.4 Å². The Kier molecular flexibility index (Phi) is 3.94. The lowest BCUT2D eigenvalue weighted by Crippen LogP contribution is -2.01. The van der Waals surface area contributed by atoms with E-state index < -0.39 is 0 Å². The summed E-state index contributed by atoms with van der Waals surface area (Å²) in [5.74, 6) is 0. The molecule has 1 atom stereocenters.